The van der Waals surface area contributed by atoms with Crippen molar-refractivity contribution in [3.8, 4) is 11.5 Å². The summed E-state index contributed by atoms with van der Waals surface area (Å²) in [5, 5.41) is 2.73. The van der Waals surface area contributed by atoms with Gasteiger partial charge >= 0.3 is 6.09 Å². The second-order valence-corrected chi connectivity index (χ2v) is 8.83. The first kappa shape index (κ1) is 21.0. The first-order valence-corrected chi connectivity index (χ1v) is 10.4. The molecule has 0 aromatic heterocycles. The van der Waals surface area contributed by atoms with Crippen LogP contribution in [0.2, 0.25) is 0 Å². The second kappa shape index (κ2) is 8.78. The zero-order chi connectivity index (χ0) is 21.0. The molecule has 1 aliphatic heterocycles. The molecule has 2 aromatic carbocycles. The fourth-order valence-corrected chi connectivity index (χ4v) is 3.62. The summed E-state index contributed by atoms with van der Waals surface area (Å²) in [6.07, 6.45) is 2.01. The topological polar surface area (TPSA) is 63.2 Å². The third-order valence-corrected chi connectivity index (χ3v) is 5.23. The van der Waals surface area contributed by atoms with Gasteiger partial charge in [-0.1, -0.05) is 29.8 Å². The van der Waals surface area contributed by atoms with Crippen LogP contribution in [0.4, 0.5) is 10.5 Å². The maximum Gasteiger partial charge on any atom is 0.413 e. The molecule has 0 bridgehead atoms. The zero-order valence-corrected chi connectivity index (χ0v) is 18.3. The Hall–Kier alpha value is -2.67. The molecule has 0 saturated heterocycles. The standard InChI is InChI=1S/C22H27N3O3S/c1-15-9-10-18(16(2)11-15)23-13-25(5)29-14-24-21(26)27-19-8-6-7-17-12-22(3,4)28-20(17)19/h6-11,13H,12,14H2,1-5H3,(H,24,26). The molecule has 0 atom stereocenters. The number of hydrogen-bond donors (Lipinski definition) is 1. The summed E-state index contributed by atoms with van der Waals surface area (Å²) in [5.74, 6) is 1.45. The van der Waals surface area contributed by atoms with E-state index >= 15 is 0 Å². The van der Waals surface area contributed by atoms with Crippen LogP contribution in [-0.2, 0) is 6.42 Å². The van der Waals surface area contributed by atoms with Crippen LogP contribution in [-0.4, -0.2) is 35.3 Å². The van der Waals surface area contributed by atoms with Gasteiger partial charge in [-0.05, 0) is 57.3 Å². The van der Waals surface area contributed by atoms with Crippen molar-refractivity contribution in [2.24, 2.45) is 4.99 Å². The van der Waals surface area contributed by atoms with E-state index in [0.717, 1.165) is 23.2 Å². The summed E-state index contributed by atoms with van der Waals surface area (Å²) in [6, 6.07) is 11.7. The van der Waals surface area contributed by atoms with E-state index in [0.29, 0.717) is 17.4 Å². The molecule has 0 unspecified atom stereocenters. The molecule has 1 N–H and O–H groups in total. The van der Waals surface area contributed by atoms with E-state index in [2.05, 4.69) is 23.3 Å². The molecule has 0 radical (unpaired) electrons. The van der Waals surface area contributed by atoms with E-state index in [1.165, 1.54) is 17.5 Å². The molecule has 2 aromatic rings. The lowest BCUT2D eigenvalue weighted by molar-refractivity contribution is 0.133. The van der Waals surface area contributed by atoms with Crippen LogP contribution in [0.25, 0.3) is 0 Å². The van der Waals surface area contributed by atoms with Crippen molar-refractivity contribution >= 4 is 30.1 Å². The van der Waals surface area contributed by atoms with Gasteiger partial charge in [-0.15, -0.1) is 0 Å². The van der Waals surface area contributed by atoms with Crippen molar-refractivity contribution in [2.75, 3.05) is 12.9 Å². The summed E-state index contributed by atoms with van der Waals surface area (Å²) in [7, 11) is 1.88. The quantitative estimate of drug-likeness (QED) is 0.312. The molecule has 1 amide bonds. The predicted molar refractivity (Wildman–Crippen MR) is 118 cm³/mol. The van der Waals surface area contributed by atoms with Crippen molar-refractivity contribution < 1.29 is 14.3 Å². The SMILES string of the molecule is Cc1ccc(N=CN(C)SCNC(=O)Oc2cccc3c2OC(C)(C)C3)c(C)c1. The number of hydrogen-bond acceptors (Lipinski definition) is 5. The van der Waals surface area contributed by atoms with Gasteiger partial charge in [0.1, 0.15) is 11.9 Å². The van der Waals surface area contributed by atoms with Crippen molar-refractivity contribution in [2.45, 2.75) is 39.7 Å². The first-order chi connectivity index (χ1) is 13.7. The molecule has 6 nitrogen and oxygen atoms in total. The Morgan fingerprint density at radius 2 is 2.14 bits per heavy atom. The Bertz CT molecular complexity index is 928. The number of aliphatic imine (C=N–C) groups is 1. The summed E-state index contributed by atoms with van der Waals surface area (Å²) in [5.41, 5.74) is 4.03. The number of fused-ring (bicyclic) bond motifs is 1. The van der Waals surface area contributed by atoms with Crippen LogP contribution >= 0.6 is 11.9 Å². The highest BCUT2D eigenvalue weighted by Crippen LogP contribution is 2.41. The number of carbonyl (C=O) groups excluding carboxylic acids is 1. The normalized spacial score (nSPS) is 14.4. The van der Waals surface area contributed by atoms with E-state index in [1.54, 1.807) is 12.4 Å². The second-order valence-electron chi connectivity index (χ2n) is 7.70. The van der Waals surface area contributed by atoms with Crippen molar-refractivity contribution in [3.05, 3.63) is 53.1 Å². The Balaban J connectivity index is 1.47. The lowest BCUT2D eigenvalue weighted by atomic mass is 10.0. The molecular weight excluding hydrogens is 386 g/mol. The molecule has 1 aliphatic rings. The van der Waals surface area contributed by atoms with Gasteiger partial charge in [-0.3, -0.25) is 0 Å². The smallest absolute Gasteiger partial charge is 0.413 e. The minimum atomic E-state index is -0.515. The number of amides is 1. The molecule has 3 rings (SSSR count). The number of nitrogens with one attached hydrogen (secondary N) is 1. The number of para-hydroxylation sites is 1. The van der Waals surface area contributed by atoms with Crippen LogP contribution in [0.5, 0.6) is 11.5 Å². The third-order valence-electron chi connectivity index (χ3n) is 4.45. The van der Waals surface area contributed by atoms with Crippen LogP contribution in [0.15, 0.2) is 41.4 Å². The molecule has 7 heteroatoms. The zero-order valence-electron chi connectivity index (χ0n) is 17.5. The summed E-state index contributed by atoms with van der Waals surface area (Å²) >= 11 is 1.41. The lowest BCUT2D eigenvalue weighted by Crippen LogP contribution is -2.28. The molecule has 0 fully saturated rings. The van der Waals surface area contributed by atoms with E-state index in [4.69, 9.17) is 9.47 Å². The van der Waals surface area contributed by atoms with Gasteiger partial charge in [-0.2, -0.15) is 0 Å². The Kier molecular flexibility index (Phi) is 6.37. The van der Waals surface area contributed by atoms with Crippen molar-refractivity contribution in [3.63, 3.8) is 0 Å². The fraction of sp³-hybridized carbons (Fsp3) is 0.364. The highest BCUT2D eigenvalue weighted by Gasteiger charge is 2.32. The van der Waals surface area contributed by atoms with E-state index in [1.807, 2.05) is 56.4 Å². The summed E-state index contributed by atoms with van der Waals surface area (Å²) in [4.78, 5) is 16.6. The molecule has 154 valence electrons. The number of rotatable bonds is 6. The Morgan fingerprint density at radius 1 is 1.34 bits per heavy atom. The number of benzene rings is 2. The Morgan fingerprint density at radius 3 is 2.90 bits per heavy atom. The van der Waals surface area contributed by atoms with E-state index < -0.39 is 6.09 Å². The lowest BCUT2D eigenvalue weighted by Gasteiger charge is -2.18. The van der Waals surface area contributed by atoms with Gasteiger partial charge in [0.15, 0.2) is 11.5 Å². The van der Waals surface area contributed by atoms with Crippen LogP contribution in [0, 0.1) is 13.8 Å². The molecule has 29 heavy (non-hydrogen) atoms. The predicted octanol–water partition coefficient (Wildman–Crippen LogP) is 5.00. The molecule has 0 spiro atoms. The molecule has 0 saturated carbocycles. The highest BCUT2D eigenvalue weighted by molar-refractivity contribution is 7.97. The summed E-state index contributed by atoms with van der Waals surface area (Å²) < 4.78 is 13.2. The molecule has 1 heterocycles. The molecule has 0 aliphatic carbocycles. The largest absolute Gasteiger partial charge is 0.483 e. The third kappa shape index (κ3) is 5.67. The first-order valence-electron chi connectivity index (χ1n) is 9.47. The van der Waals surface area contributed by atoms with Crippen LogP contribution in [0.3, 0.4) is 0 Å². The number of carbonyl (C=O) groups is 1. The average Bonchev–Trinajstić information content (AvgIpc) is 2.96. The van der Waals surface area contributed by atoms with E-state index in [9.17, 15) is 4.79 Å². The minimum Gasteiger partial charge on any atom is -0.483 e. The fourth-order valence-electron chi connectivity index (χ4n) is 3.12. The monoisotopic (exact) mass is 413 g/mol. The van der Waals surface area contributed by atoms with Crippen molar-refractivity contribution in [1.82, 2.24) is 9.62 Å². The van der Waals surface area contributed by atoms with Crippen LogP contribution < -0.4 is 14.8 Å². The Labute approximate surface area is 176 Å². The van der Waals surface area contributed by atoms with Gasteiger partial charge in [0, 0.05) is 19.0 Å². The van der Waals surface area contributed by atoms with Gasteiger partial charge in [0.2, 0.25) is 0 Å². The maximum atomic E-state index is 12.2. The van der Waals surface area contributed by atoms with Gasteiger partial charge in [-0.25, -0.2) is 9.79 Å². The van der Waals surface area contributed by atoms with E-state index in [-0.39, 0.29) is 5.60 Å². The average molecular weight is 414 g/mol. The van der Waals surface area contributed by atoms with Gasteiger partial charge in [0.25, 0.3) is 0 Å². The van der Waals surface area contributed by atoms with Crippen LogP contribution in [0.1, 0.15) is 30.5 Å². The van der Waals surface area contributed by atoms with Gasteiger partial charge in [0.05, 0.1) is 11.6 Å². The number of nitrogens with zero attached hydrogens (tertiary/aromatic N) is 2. The summed E-state index contributed by atoms with van der Waals surface area (Å²) in [6.45, 7) is 8.13. The number of aryl methyl sites for hydroxylation is 2. The minimum absolute atomic E-state index is 0.286. The maximum absolute atomic E-state index is 12.2. The highest BCUT2D eigenvalue weighted by atomic mass is 32.2. The number of ether oxygens (including phenoxy) is 2. The van der Waals surface area contributed by atoms with Gasteiger partial charge < -0.3 is 19.1 Å². The molecular formula is C22H27N3O3S. The van der Waals surface area contributed by atoms with Crippen molar-refractivity contribution in [1.29, 1.82) is 0 Å².